The molecule has 9 heteroatoms. The summed E-state index contributed by atoms with van der Waals surface area (Å²) in [7, 11) is -2.56. The third kappa shape index (κ3) is 5.32. The molecule has 188 valence electrons. The van der Waals surface area contributed by atoms with E-state index < -0.39 is 8.32 Å². The number of carbonyl (C=O) groups excluding carboxylic acids is 2. The predicted octanol–water partition coefficient (Wildman–Crippen LogP) is 2.92. The van der Waals surface area contributed by atoms with Crippen LogP contribution in [0, 0.1) is 5.92 Å². The quantitative estimate of drug-likeness (QED) is 0.544. The van der Waals surface area contributed by atoms with Gasteiger partial charge in [0, 0.05) is 17.8 Å². The maximum Gasteiger partial charge on any atom is 0.414 e. The fourth-order valence-electron chi connectivity index (χ4n) is 6.03. The fourth-order valence-corrected chi connectivity index (χ4v) is 8.64. The second-order valence-electron chi connectivity index (χ2n) is 10.5. The van der Waals surface area contributed by atoms with Gasteiger partial charge < -0.3 is 24.3 Å². The molecule has 0 aromatic heterocycles. The van der Waals surface area contributed by atoms with E-state index >= 15 is 0 Å². The zero-order valence-corrected chi connectivity index (χ0v) is 21.5. The van der Waals surface area contributed by atoms with E-state index in [0.717, 1.165) is 36.9 Å². The van der Waals surface area contributed by atoms with Gasteiger partial charge in [0.2, 0.25) is 5.91 Å². The molecule has 34 heavy (non-hydrogen) atoms. The number of nitrogens with zero attached hydrogens (tertiary/aromatic N) is 2. The number of hydrogen-bond acceptors (Lipinski definition) is 6. The Hall–Kier alpha value is -1.94. The molecular weight excluding hydrogens is 452 g/mol. The molecule has 3 saturated heterocycles. The number of aliphatic hydroxyl groups excluding tert-OH is 1. The van der Waals surface area contributed by atoms with Crippen LogP contribution in [0.3, 0.4) is 0 Å². The summed E-state index contributed by atoms with van der Waals surface area (Å²) in [6.45, 7) is 7.69. The highest BCUT2D eigenvalue weighted by atomic mass is 28.4. The number of cyclic esters (lactones) is 1. The minimum atomic E-state index is -2.56. The minimum Gasteiger partial charge on any atom is -0.447 e. The first-order valence-electron chi connectivity index (χ1n) is 12.5. The van der Waals surface area contributed by atoms with Crippen molar-refractivity contribution in [3.05, 3.63) is 29.8 Å². The van der Waals surface area contributed by atoms with Gasteiger partial charge >= 0.3 is 6.09 Å². The molecule has 2 amide bonds. The van der Waals surface area contributed by atoms with Crippen LogP contribution in [-0.4, -0.2) is 79.7 Å². The second kappa shape index (κ2) is 10.4. The number of benzene rings is 1. The van der Waals surface area contributed by atoms with Crippen molar-refractivity contribution < 1.29 is 29.0 Å². The van der Waals surface area contributed by atoms with Crippen molar-refractivity contribution in [1.29, 1.82) is 0 Å². The second-order valence-corrected chi connectivity index (χ2v) is 14.5. The summed E-state index contributed by atoms with van der Waals surface area (Å²) in [5.74, 6) is 0.184. The van der Waals surface area contributed by atoms with Crippen LogP contribution in [0.1, 0.15) is 38.2 Å². The van der Waals surface area contributed by atoms with E-state index in [2.05, 4.69) is 6.92 Å². The van der Waals surface area contributed by atoms with Crippen LogP contribution in [0.2, 0.25) is 18.6 Å². The van der Waals surface area contributed by atoms with Crippen LogP contribution in [-0.2, 0) is 20.7 Å². The third-order valence-corrected chi connectivity index (χ3v) is 10.3. The molecule has 0 spiro atoms. The molecule has 0 bridgehead atoms. The van der Waals surface area contributed by atoms with Crippen LogP contribution in [0.25, 0.3) is 0 Å². The molecular formula is C25H38N2O6Si. The summed E-state index contributed by atoms with van der Waals surface area (Å²) in [5, 5.41) is 9.60. The number of aryl methyl sites for hydroxylation is 1. The lowest BCUT2D eigenvalue weighted by Crippen LogP contribution is -2.43. The van der Waals surface area contributed by atoms with Crippen molar-refractivity contribution in [3.8, 4) is 0 Å². The Morgan fingerprint density at radius 1 is 1.18 bits per heavy atom. The third-order valence-electron chi connectivity index (χ3n) is 7.73. The van der Waals surface area contributed by atoms with Crippen molar-refractivity contribution in [3.63, 3.8) is 0 Å². The Kier molecular flexibility index (Phi) is 7.66. The zero-order valence-electron chi connectivity index (χ0n) is 20.5. The molecule has 2 N–H and O–H groups in total. The molecule has 5 atom stereocenters. The summed E-state index contributed by atoms with van der Waals surface area (Å²) < 4.78 is 11.5. The van der Waals surface area contributed by atoms with Crippen LogP contribution in [0.15, 0.2) is 24.3 Å². The number of aliphatic hydroxyl groups is 1. The van der Waals surface area contributed by atoms with Crippen molar-refractivity contribution in [1.82, 2.24) is 4.90 Å². The van der Waals surface area contributed by atoms with E-state index in [4.69, 9.17) is 9.47 Å². The van der Waals surface area contributed by atoms with Crippen LogP contribution in [0.4, 0.5) is 10.5 Å². The zero-order chi connectivity index (χ0) is 24.5. The largest absolute Gasteiger partial charge is 0.447 e. The van der Waals surface area contributed by atoms with Gasteiger partial charge in [-0.1, -0.05) is 19.1 Å². The number of hydrogen-bond donors (Lipinski definition) is 2. The standard InChI is InChI=1S/C25H38N2O6Si/c1-17-21(11-8-18-6-9-19(10-7-18)27-13-14-32-25(27)30)33-22(24(17)34(2,3)31)15-23(29)26-12-4-5-20(26)16-28/h6-7,9-10,17,20-22,24,28,31H,4-5,8,11-16H2,1-3H3/t17-,20-,21+,22-,24+/m0/s1. The van der Waals surface area contributed by atoms with E-state index in [1.54, 1.807) is 9.80 Å². The van der Waals surface area contributed by atoms with Gasteiger partial charge in [-0.25, -0.2) is 4.79 Å². The van der Waals surface area contributed by atoms with E-state index in [1.165, 1.54) is 0 Å². The first kappa shape index (κ1) is 25.2. The molecule has 0 saturated carbocycles. The molecule has 0 aliphatic carbocycles. The number of anilines is 1. The molecule has 3 aliphatic rings. The summed E-state index contributed by atoms with van der Waals surface area (Å²) >= 11 is 0. The van der Waals surface area contributed by atoms with E-state index in [1.807, 2.05) is 37.4 Å². The van der Waals surface area contributed by atoms with Crippen molar-refractivity contribution in [2.45, 2.75) is 75.9 Å². The van der Waals surface area contributed by atoms with Gasteiger partial charge in [-0.3, -0.25) is 9.69 Å². The normalized spacial score (nSPS) is 29.7. The smallest absolute Gasteiger partial charge is 0.414 e. The lowest BCUT2D eigenvalue weighted by molar-refractivity contribution is -0.135. The highest BCUT2D eigenvalue weighted by molar-refractivity contribution is 6.71. The summed E-state index contributed by atoms with van der Waals surface area (Å²) in [5.41, 5.74) is 1.98. The number of carbonyl (C=O) groups is 2. The Balaban J connectivity index is 1.38. The Labute approximate surface area is 203 Å². The lowest BCUT2D eigenvalue weighted by atomic mass is 9.95. The van der Waals surface area contributed by atoms with Gasteiger partial charge in [-0.15, -0.1) is 0 Å². The van der Waals surface area contributed by atoms with Crippen molar-refractivity contribution in [2.24, 2.45) is 5.92 Å². The molecule has 0 radical (unpaired) electrons. The number of likely N-dealkylation sites (tertiary alicyclic amines) is 1. The molecule has 3 fully saturated rings. The number of amides is 2. The van der Waals surface area contributed by atoms with Crippen LogP contribution >= 0.6 is 0 Å². The van der Waals surface area contributed by atoms with E-state index in [-0.39, 0.29) is 54.7 Å². The van der Waals surface area contributed by atoms with Gasteiger partial charge in [-0.2, -0.15) is 0 Å². The molecule has 8 nitrogen and oxygen atoms in total. The van der Waals surface area contributed by atoms with Gasteiger partial charge in [0.15, 0.2) is 8.32 Å². The van der Waals surface area contributed by atoms with E-state index in [9.17, 15) is 19.5 Å². The Bertz CT molecular complexity index is 873. The highest BCUT2D eigenvalue weighted by Gasteiger charge is 2.50. The van der Waals surface area contributed by atoms with Crippen molar-refractivity contribution in [2.75, 3.05) is 31.2 Å². The summed E-state index contributed by atoms with van der Waals surface area (Å²) in [6.07, 6.45) is 3.03. The van der Waals surface area contributed by atoms with Gasteiger partial charge in [-0.05, 0) is 62.4 Å². The van der Waals surface area contributed by atoms with Gasteiger partial charge in [0.1, 0.15) is 6.61 Å². The molecule has 3 heterocycles. The van der Waals surface area contributed by atoms with Crippen molar-refractivity contribution >= 4 is 26.0 Å². The Morgan fingerprint density at radius 3 is 2.53 bits per heavy atom. The Morgan fingerprint density at radius 2 is 1.91 bits per heavy atom. The van der Waals surface area contributed by atoms with Crippen LogP contribution < -0.4 is 4.90 Å². The highest BCUT2D eigenvalue weighted by Crippen LogP contribution is 2.45. The number of rotatable bonds is 8. The van der Waals surface area contributed by atoms with Gasteiger partial charge in [0.25, 0.3) is 0 Å². The molecule has 3 aliphatic heterocycles. The van der Waals surface area contributed by atoms with Crippen LogP contribution in [0.5, 0.6) is 0 Å². The fraction of sp³-hybridized carbons (Fsp3) is 0.680. The summed E-state index contributed by atoms with van der Waals surface area (Å²) in [6, 6.07) is 7.87. The number of ether oxygens (including phenoxy) is 2. The molecule has 1 aromatic rings. The first-order valence-corrected chi connectivity index (χ1v) is 15.5. The summed E-state index contributed by atoms with van der Waals surface area (Å²) in [4.78, 5) is 39.3. The topological polar surface area (TPSA) is 99.5 Å². The average molecular weight is 491 g/mol. The maximum atomic E-state index is 13.0. The van der Waals surface area contributed by atoms with E-state index in [0.29, 0.717) is 19.7 Å². The lowest BCUT2D eigenvalue weighted by Gasteiger charge is -2.31. The SMILES string of the molecule is C[C@@H]1[C@@H]([Si](C)(C)O)[C@H](CC(=O)N2CCC[C@H]2CO)O[C@@H]1CCc1ccc(N2CCOC2=O)cc1. The molecule has 4 rings (SSSR count). The average Bonchev–Trinajstić information content (AvgIpc) is 3.51. The predicted molar refractivity (Wildman–Crippen MR) is 131 cm³/mol. The van der Waals surface area contributed by atoms with Gasteiger partial charge in [0.05, 0.1) is 37.8 Å². The maximum absolute atomic E-state index is 13.0. The molecule has 0 unspecified atom stereocenters. The first-order chi connectivity index (χ1) is 16.2. The molecule has 1 aromatic carbocycles. The minimum absolute atomic E-state index is 0.00228. The monoisotopic (exact) mass is 490 g/mol.